The van der Waals surface area contributed by atoms with E-state index in [0.717, 1.165) is 13.0 Å². The highest BCUT2D eigenvalue weighted by molar-refractivity contribution is 7.18. The third kappa shape index (κ3) is 3.85. The molecule has 118 valence electrons. The second-order valence-corrected chi connectivity index (χ2v) is 6.64. The Hall–Kier alpha value is -1.34. The number of rotatable bonds is 5. The molecule has 7 heteroatoms. The summed E-state index contributed by atoms with van der Waals surface area (Å²) in [6, 6.07) is 0.125. The summed E-state index contributed by atoms with van der Waals surface area (Å²) < 4.78 is 5.44. The van der Waals surface area contributed by atoms with Crippen LogP contribution in [0.25, 0.3) is 0 Å². The Bertz CT molecular complexity index is 489. The maximum absolute atomic E-state index is 12.7. The lowest BCUT2D eigenvalue weighted by Crippen LogP contribution is -2.48. The zero-order chi connectivity index (χ0) is 15.4. The average Bonchev–Trinajstić information content (AvgIpc) is 2.85. The van der Waals surface area contributed by atoms with E-state index in [1.54, 1.807) is 0 Å². The van der Waals surface area contributed by atoms with Crippen molar-refractivity contribution in [3.05, 3.63) is 4.88 Å². The van der Waals surface area contributed by atoms with Crippen LogP contribution in [0.5, 0.6) is 0 Å². The van der Waals surface area contributed by atoms with Crippen LogP contribution in [0.1, 0.15) is 36.9 Å². The molecule has 1 aromatic rings. The van der Waals surface area contributed by atoms with E-state index in [1.165, 1.54) is 11.3 Å². The van der Waals surface area contributed by atoms with Crippen LogP contribution in [0.3, 0.4) is 0 Å². The first-order valence-corrected chi connectivity index (χ1v) is 8.23. The van der Waals surface area contributed by atoms with E-state index in [0.29, 0.717) is 41.5 Å². The normalized spacial score (nSPS) is 19.0. The first-order chi connectivity index (χ1) is 10.0. The van der Waals surface area contributed by atoms with Crippen LogP contribution < -0.4 is 11.1 Å². The van der Waals surface area contributed by atoms with Gasteiger partial charge in [0.15, 0.2) is 5.13 Å². The molecule has 0 bridgehead atoms. The number of aromatic nitrogens is 1. The van der Waals surface area contributed by atoms with E-state index in [9.17, 15) is 4.79 Å². The SMILES string of the molecule is CCC1COCCN1C(=O)c1sc(NCC(C)C)nc1N. The lowest BCUT2D eigenvalue weighted by Gasteiger charge is -2.34. The maximum atomic E-state index is 12.7. The van der Waals surface area contributed by atoms with E-state index >= 15 is 0 Å². The smallest absolute Gasteiger partial charge is 0.268 e. The summed E-state index contributed by atoms with van der Waals surface area (Å²) in [4.78, 5) is 19.3. The number of carbonyl (C=O) groups excluding carboxylic acids is 1. The van der Waals surface area contributed by atoms with E-state index < -0.39 is 0 Å². The van der Waals surface area contributed by atoms with Gasteiger partial charge in [0, 0.05) is 13.1 Å². The molecule has 1 atom stereocenters. The summed E-state index contributed by atoms with van der Waals surface area (Å²) in [5, 5.41) is 3.93. The lowest BCUT2D eigenvalue weighted by atomic mass is 10.1. The van der Waals surface area contributed by atoms with Gasteiger partial charge in [-0.2, -0.15) is 0 Å². The number of nitrogens with one attached hydrogen (secondary N) is 1. The molecule has 0 spiro atoms. The maximum Gasteiger partial charge on any atom is 0.268 e. The molecule has 0 radical (unpaired) electrons. The topological polar surface area (TPSA) is 80.5 Å². The molecule has 2 heterocycles. The number of carbonyl (C=O) groups is 1. The second-order valence-electron chi connectivity index (χ2n) is 5.64. The molecule has 0 aromatic carbocycles. The van der Waals surface area contributed by atoms with Crippen molar-refractivity contribution in [2.24, 2.45) is 5.92 Å². The number of morpholine rings is 1. The number of amides is 1. The molecule has 2 rings (SSSR count). The van der Waals surface area contributed by atoms with E-state index in [-0.39, 0.29) is 11.9 Å². The van der Waals surface area contributed by atoms with Crippen molar-refractivity contribution in [3.8, 4) is 0 Å². The van der Waals surface area contributed by atoms with Crippen LogP contribution in [0.15, 0.2) is 0 Å². The minimum atomic E-state index is -0.0299. The van der Waals surface area contributed by atoms with E-state index in [2.05, 4.69) is 31.1 Å². The summed E-state index contributed by atoms with van der Waals surface area (Å²) in [5.74, 6) is 0.799. The predicted molar refractivity (Wildman–Crippen MR) is 85.8 cm³/mol. The van der Waals surface area contributed by atoms with Crippen LogP contribution in [-0.4, -0.2) is 48.1 Å². The van der Waals surface area contributed by atoms with Crippen molar-refractivity contribution in [1.82, 2.24) is 9.88 Å². The quantitative estimate of drug-likeness (QED) is 0.869. The van der Waals surface area contributed by atoms with Crippen molar-refractivity contribution >= 4 is 28.2 Å². The molecule has 0 saturated carbocycles. The molecule has 1 aromatic heterocycles. The fraction of sp³-hybridized carbons (Fsp3) is 0.714. The van der Waals surface area contributed by atoms with Gasteiger partial charge in [-0.05, 0) is 12.3 Å². The number of thiazole rings is 1. The van der Waals surface area contributed by atoms with Crippen LogP contribution in [0, 0.1) is 5.92 Å². The Balaban J connectivity index is 2.11. The van der Waals surface area contributed by atoms with Crippen molar-refractivity contribution < 1.29 is 9.53 Å². The van der Waals surface area contributed by atoms with Crippen LogP contribution in [-0.2, 0) is 4.74 Å². The molecule has 21 heavy (non-hydrogen) atoms. The molecule has 1 aliphatic heterocycles. The van der Waals surface area contributed by atoms with Crippen molar-refractivity contribution in [3.63, 3.8) is 0 Å². The predicted octanol–water partition coefficient (Wildman–Crippen LogP) is 2.04. The van der Waals surface area contributed by atoms with Gasteiger partial charge in [-0.25, -0.2) is 4.98 Å². The van der Waals surface area contributed by atoms with Gasteiger partial charge in [0.25, 0.3) is 5.91 Å². The Morgan fingerprint density at radius 2 is 2.38 bits per heavy atom. The number of ether oxygens (including phenoxy) is 1. The fourth-order valence-corrected chi connectivity index (χ4v) is 3.09. The number of nitrogen functional groups attached to an aromatic ring is 1. The molecule has 1 fully saturated rings. The molecular weight excluding hydrogens is 288 g/mol. The van der Waals surface area contributed by atoms with E-state index in [1.807, 2.05) is 4.90 Å². The summed E-state index contributed by atoms with van der Waals surface area (Å²) in [6.45, 7) is 8.91. The van der Waals surface area contributed by atoms with Gasteiger partial charge in [0.1, 0.15) is 10.7 Å². The zero-order valence-electron chi connectivity index (χ0n) is 12.9. The standard InChI is InChI=1S/C14H24N4O2S/c1-4-10-8-20-6-5-18(10)13(19)11-12(15)17-14(21-11)16-7-9(2)3/h9-10H,4-8,15H2,1-3H3,(H,16,17). The molecule has 1 unspecified atom stereocenters. The molecular formula is C14H24N4O2S. The number of hydrogen-bond acceptors (Lipinski definition) is 6. The van der Waals surface area contributed by atoms with Crippen LogP contribution >= 0.6 is 11.3 Å². The minimum Gasteiger partial charge on any atom is -0.382 e. The van der Waals surface area contributed by atoms with Crippen LogP contribution in [0.2, 0.25) is 0 Å². The Kier molecular flexibility index (Phi) is 5.41. The number of nitrogens with two attached hydrogens (primary N) is 1. The third-order valence-corrected chi connectivity index (χ3v) is 4.49. The fourth-order valence-electron chi connectivity index (χ4n) is 2.24. The highest BCUT2D eigenvalue weighted by Crippen LogP contribution is 2.28. The minimum absolute atomic E-state index is 0.0299. The van der Waals surface area contributed by atoms with Gasteiger partial charge in [0.2, 0.25) is 0 Å². The highest BCUT2D eigenvalue weighted by atomic mass is 32.1. The summed E-state index contributed by atoms with van der Waals surface area (Å²) >= 11 is 1.34. The average molecular weight is 312 g/mol. The first-order valence-electron chi connectivity index (χ1n) is 7.41. The van der Waals surface area contributed by atoms with Crippen molar-refractivity contribution in [2.45, 2.75) is 33.2 Å². The third-order valence-electron chi connectivity index (χ3n) is 3.47. The van der Waals surface area contributed by atoms with Gasteiger partial charge < -0.3 is 20.7 Å². The monoisotopic (exact) mass is 312 g/mol. The molecule has 3 N–H and O–H groups in total. The van der Waals surface area contributed by atoms with Gasteiger partial charge in [0.05, 0.1) is 19.3 Å². The van der Waals surface area contributed by atoms with Gasteiger partial charge >= 0.3 is 0 Å². The molecule has 1 aliphatic rings. The summed E-state index contributed by atoms with van der Waals surface area (Å²) in [7, 11) is 0. The van der Waals surface area contributed by atoms with Gasteiger partial charge in [-0.15, -0.1) is 0 Å². The molecule has 6 nitrogen and oxygen atoms in total. The first kappa shape index (κ1) is 16.0. The molecule has 1 saturated heterocycles. The second kappa shape index (κ2) is 7.09. The Labute approximate surface area is 129 Å². The Morgan fingerprint density at radius 3 is 3.05 bits per heavy atom. The Morgan fingerprint density at radius 1 is 1.62 bits per heavy atom. The number of anilines is 2. The van der Waals surface area contributed by atoms with Gasteiger partial charge in [-0.3, -0.25) is 4.79 Å². The van der Waals surface area contributed by atoms with Crippen LogP contribution in [0.4, 0.5) is 10.9 Å². The lowest BCUT2D eigenvalue weighted by molar-refractivity contribution is -0.00249. The zero-order valence-corrected chi connectivity index (χ0v) is 13.7. The number of hydrogen-bond donors (Lipinski definition) is 2. The molecule has 1 amide bonds. The number of nitrogens with zero attached hydrogens (tertiary/aromatic N) is 2. The van der Waals surface area contributed by atoms with Crippen molar-refractivity contribution in [1.29, 1.82) is 0 Å². The highest BCUT2D eigenvalue weighted by Gasteiger charge is 2.29. The molecule has 0 aliphatic carbocycles. The van der Waals surface area contributed by atoms with E-state index in [4.69, 9.17) is 10.5 Å². The largest absolute Gasteiger partial charge is 0.382 e. The van der Waals surface area contributed by atoms with Crippen molar-refractivity contribution in [2.75, 3.05) is 37.4 Å². The summed E-state index contributed by atoms with van der Waals surface area (Å²) in [6.07, 6.45) is 0.878. The van der Waals surface area contributed by atoms with Gasteiger partial charge in [-0.1, -0.05) is 32.1 Å². The summed E-state index contributed by atoms with van der Waals surface area (Å²) in [5.41, 5.74) is 5.92.